The Bertz CT molecular complexity index is 486. The zero-order valence-electron chi connectivity index (χ0n) is 9.64. The van der Waals surface area contributed by atoms with E-state index in [1.54, 1.807) is 18.2 Å². The summed E-state index contributed by atoms with van der Waals surface area (Å²) >= 11 is 0. The Morgan fingerprint density at radius 1 is 0.941 bits per heavy atom. The maximum Gasteiger partial charge on any atom is 0.124 e. The van der Waals surface area contributed by atoms with E-state index in [-0.39, 0.29) is 11.5 Å². The van der Waals surface area contributed by atoms with E-state index in [9.17, 15) is 10.2 Å². The molecule has 2 rings (SSSR count). The number of phenolic OH excluding ortho intramolecular Hbond substituents is 2. The third-order valence-corrected chi connectivity index (χ3v) is 2.65. The van der Waals surface area contributed by atoms with Gasteiger partial charge >= 0.3 is 0 Å². The minimum Gasteiger partial charge on any atom is -0.507 e. The average Bonchev–Trinajstić information content (AvgIpc) is 2.31. The quantitative estimate of drug-likeness (QED) is 0.758. The summed E-state index contributed by atoms with van der Waals surface area (Å²) < 4.78 is 0. The molecular weight excluding hydrogens is 214 g/mol. The predicted octanol–water partition coefficient (Wildman–Crippen LogP) is 3.02. The highest BCUT2D eigenvalue weighted by Crippen LogP contribution is 2.26. The van der Waals surface area contributed by atoms with E-state index in [1.165, 1.54) is 5.56 Å². The highest BCUT2D eigenvalue weighted by molar-refractivity contribution is 5.49. The zero-order valence-corrected chi connectivity index (χ0v) is 9.64. The molecule has 0 radical (unpaired) electrons. The normalized spacial score (nSPS) is 10.2. The van der Waals surface area contributed by atoms with E-state index in [1.807, 2.05) is 31.2 Å². The highest BCUT2D eigenvalue weighted by atomic mass is 16.3. The molecule has 0 amide bonds. The number of benzene rings is 2. The summed E-state index contributed by atoms with van der Waals surface area (Å²) in [5.41, 5.74) is 2.66. The maximum absolute atomic E-state index is 9.61. The second-order valence-electron chi connectivity index (χ2n) is 3.99. The molecule has 0 aromatic heterocycles. The molecule has 0 aliphatic rings. The molecule has 2 aromatic carbocycles. The Morgan fingerprint density at radius 3 is 2.12 bits per heavy atom. The number of phenols is 2. The van der Waals surface area contributed by atoms with Crippen LogP contribution in [0.15, 0.2) is 42.5 Å². The van der Waals surface area contributed by atoms with E-state index in [0.29, 0.717) is 12.1 Å². The zero-order chi connectivity index (χ0) is 12.3. The number of anilines is 1. The summed E-state index contributed by atoms with van der Waals surface area (Å²) in [6, 6.07) is 12.7. The van der Waals surface area contributed by atoms with Crippen LogP contribution in [0.1, 0.15) is 11.1 Å². The lowest BCUT2D eigenvalue weighted by atomic mass is 10.1. The van der Waals surface area contributed by atoms with E-state index in [2.05, 4.69) is 5.32 Å². The van der Waals surface area contributed by atoms with Crippen molar-refractivity contribution in [3.63, 3.8) is 0 Å². The smallest absolute Gasteiger partial charge is 0.124 e. The van der Waals surface area contributed by atoms with Crippen LogP contribution in [0.25, 0.3) is 0 Å². The Kier molecular flexibility index (Phi) is 3.19. The molecule has 0 heterocycles. The van der Waals surface area contributed by atoms with Crippen LogP contribution >= 0.6 is 0 Å². The van der Waals surface area contributed by atoms with Gasteiger partial charge < -0.3 is 15.5 Å². The van der Waals surface area contributed by atoms with Crippen LogP contribution < -0.4 is 5.32 Å². The van der Waals surface area contributed by atoms with Crippen LogP contribution in [0.2, 0.25) is 0 Å². The number of nitrogens with one attached hydrogen (secondary N) is 1. The van der Waals surface area contributed by atoms with Crippen LogP contribution in [-0.4, -0.2) is 10.2 Å². The third-order valence-electron chi connectivity index (χ3n) is 2.65. The van der Waals surface area contributed by atoms with Crippen molar-refractivity contribution in [2.75, 3.05) is 5.32 Å². The Labute approximate surface area is 100 Å². The van der Waals surface area contributed by atoms with Crippen molar-refractivity contribution in [2.45, 2.75) is 13.5 Å². The molecule has 3 N–H and O–H groups in total. The first-order valence-electron chi connectivity index (χ1n) is 5.47. The van der Waals surface area contributed by atoms with Gasteiger partial charge in [0.15, 0.2) is 0 Å². The van der Waals surface area contributed by atoms with Crippen LogP contribution in [0.3, 0.4) is 0 Å². The molecule has 0 aliphatic heterocycles. The van der Waals surface area contributed by atoms with E-state index in [4.69, 9.17) is 0 Å². The SMILES string of the molecule is Cc1ccc(NCc2c(O)cccc2O)cc1. The molecule has 0 saturated heterocycles. The van der Waals surface area contributed by atoms with Crippen molar-refractivity contribution < 1.29 is 10.2 Å². The first kappa shape index (κ1) is 11.3. The minimum atomic E-state index is 0.101. The molecular formula is C14H15NO2. The number of aromatic hydroxyl groups is 2. The Balaban J connectivity index is 2.10. The van der Waals surface area contributed by atoms with Crippen molar-refractivity contribution in [1.29, 1.82) is 0 Å². The third kappa shape index (κ3) is 2.69. The highest BCUT2D eigenvalue weighted by Gasteiger charge is 2.05. The summed E-state index contributed by atoms with van der Waals surface area (Å²) in [4.78, 5) is 0. The van der Waals surface area contributed by atoms with Gasteiger partial charge in [-0.15, -0.1) is 0 Å². The topological polar surface area (TPSA) is 52.5 Å². The summed E-state index contributed by atoms with van der Waals surface area (Å²) in [6.45, 7) is 2.42. The van der Waals surface area contributed by atoms with Crippen molar-refractivity contribution in [3.8, 4) is 11.5 Å². The fraction of sp³-hybridized carbons (Fsp3) is 0.143. The second kappa shape index (κ2) is 4.78. The van der Waals surface area contributed by atoms with E-state index >= 15 is 0 Å². The molecule has 0 atom stereocenters. The monoisotopic (exact) mass is 229 g/mol. The standard InChI is InChI=1S/C14H15NO2/c1-10-5-7-11(8-6-10)15-9-12-13(16)3-2-4-14(12)17/h2-8,15-17H,9H2,1H3. The van der Waals surface area contributed by atoms with Gasteiger partial charge in [0.05, 0.1) is 5.56 Å². The Morgan fingerprint density at radius 2 is 1.53 bits per heavy atom. The lowest BCUT2D eigenvalue weighted by molar-refractivity contribution is 0.440. The molecule has 0 aliphatic carbocycles. The summed E-state index contributed by atoms with van der Waals surface area (Å²) in [7, 11) is 0. The van der Waals surface area contributed by atoms with Gasteiger partial charge in [-0.25, -0.2) is 0 Å². The molecule has 0 spiro atoms. The van der Waals surface area contributed by atoms with Gasteiger partial charge in [0.25, 0.3) is 0 Å². The summed E-state index contributed by atoms with van der Waals surface area (Å²) in [6.07, 6.45) is 0. The predicted molar refractivity (Wildman–Crippen MR) is 68.3 cm³/mol. The largest absolute Gasteiger partial charge is 0.507 e. The maximum atomic E-state index is 9.61. The molecule has 0 fully saturated rings. The lowest BCUT2D eigenvalue weighted by Gasteiger charge is -2.09. The summed E-state index contributed by atoms with van der Waals surface area (Å²) in [5, 5.41) is 22.4. The molecule has 3 heteroatoms. The van der Waals surface area contributed by atoms with Gasteiger partial charge in [-0.05, 0) is 31.2 Å². The number of rotatable bonds is 3. The molecule has 3 nitrogen and oxygen atoms in total. The van der Waals surface area contributed by atoms with Gasteiger partial charge in [-0.2, -0.15) is 0 Å². The van der Waals surface area contributed by atoms with E-state index < -0.39 is 0 Å². The first-order valence-corrected chi connectivity index (χ1v) is 5.47. The van der Waals surface area contributed by atoms with Crippen molar-refractivity contribution in [3.05, 3.63) is 53.6 Å². The van der Waals surface area contributed by atoms with Gasteiger partial charge in [0, 0.05) is 12.2 Å². The van der Waals surface area contributed by atoms with Crippen LogP contribution in [0.4, 0.5) is 5.69 Å². The molecule has 0 bridgehead atoms. The van der Waals surface area contributed by atoms with Crippen LogP contribution in [0.5, 0.6) is 11.5 Å². The van der Waals surface area contributed by atoms with Crippen LogP contribution in [0, 0.1) is 6.92 Å². The van der Waals surface area contributed by atoms with Crippen LogP contribution in [-0.2, 0) is 6.54 Å². The lowest BCUT2D eigenvalue weighted by Crippen LogP contribution is -1.99. The van der Waals surface area contributed by atoms with Gasteiger partial charge in [-0.1, -0.05) is 23.8 Å². The Hall–Kier alpha value is -2.16. The number of hydrogen-bond donors (Lipinski definition) is 3. The van der Waals surface area contributed by atoms with Crippen molar-refractivity contribution in [2.24, 2.45) is 0 Å². The fourth-order valence-corrected chi connectivity index (χ4v) is 1.61. The van der Waals surface area contributed by atoms with Gasteiger partial charge in [0.1, 0.15) is 11.5 Å². The molecule has 17 heavy (non-hydrogen) atoms. The van der Waals surface area contributed by atoms with Crippen molar-refractivity contribution in [1.82, 2.24) is 0 Å². The number of hydrogen-bond acceptors (Lipinski definition) is 3. The average molecular weight is 229 g/mol. The second-order valence-corrected chi connectivity index (χ2v) is 3.99. The number of aryl methyl sites for hydroxylation is 1. The minimum absolute atomic E-state index is 0.101. The van der Waals surface area contributed by atoms with Gasteiger partial charge in [-0.3, -0.25) is 0 Å². The molecule has 0 saturated carbocycles. The molecule has 2 aromatic rings. The van der Waals surface area contributed by atoms with Gasteiger partial charge in [0.2, 0.25) is 0 Å². The summed E-state index contributed by atoms with van der Waals surface area (Å²) in [5.74, 6) is 0.203. The fourth-order valence-electron chi connectivity index (χ4n) is 1.61. The van der Waals surface area contributed by atoms with Crippen molar-refractivity contribution >= 4 is 5.69 Å². The van der Waals surface area contributed by atoms with E-state index in [0.717, 1.165) is 5.69 Å². The molecule has 0 unspecified atom stereocenters. The molecule has 88 valence electrons. The first-order chi connectivity index (χ1) is 8.16.